The number of rotatable bonds is 62. The highest BCUT2D eigenvalue weighted by molar-refractivity contribution is 5.78. The highest BCUT2D eigenvalue weighted by Crippen LogP contribution is 2.43. The van der Waals surface area contributed by atoms with Gasteiger partial charge in [0.25, 0.3) is 11.6 Å². The van der Waals surface area contributed by atoms with Gasteiger partial charge in [0.15, 0.2) is 18.9 Å². The van der Waals surface area contributed by atoms with E-state index in [1.165, 1.54) is 141 Å². The number of allylic oxidation sites excluding steroid dienone is 1. The molecular weight excluding hydrogens is 1610 g/mol. The molecule has 4 amide bonds. The second-order valence-corrected chi connectivity index (χ2v) is 33.6. The number of aliphatic hydroxyl groups is 16. The van der Waals surface area contributed by atoms with Crippen LogP contribution in [0.2, 0.25) is 0 Å². The summed E-state index contributed by atoms with van der Waals surface area (Å²) < 4.78 is 60.0. The van der Waals surface area contributed by atoms with Crippen molar-refractivity contribution in [3.8, 4) is 0 Å². The number of carboxylic acid groups (broad SMARTS) is 2. The molecule has 0 spiro atoms. The molecule has 2 unspecified atom stereocenters. The molecular formula is C84H150N4O34. The van der Waals surface area contributed by atoms with E-state index in [2.05, 4.69) is 35.1 Å². The maximum Gasteiger partial charge on any atom is 0.364 e. The summed E-state index contributed by atoms with van der Waals surface area (Å²) in [5, 5.41) is 213. The van der Waals surface area contributed by atoms with Crippen LogP contribution in [0, 0.1) is 0 Å². The quantitative estimate of drug-likeness (QED) is 0.0294. The van der Waals surface area contributed by atoms with E-state index < -0.39 is 265 Å². The van der Waals surface area contributed by atoms with Crippen molar-refractivity contribution < 1.29 is 168 Å². The molecule has 5 fully saturated rings. The summed E-state index contributed by atoms with van der Waals surface area (Å²) >= 11 is 0. The fourth-order valence-corrected chi connectivity index (χ4v) is 16.5. The molecule has 0 bridgehead atoms. The summed E-state index contributed by atoms with van der Waals surface area (Å²) in [4.78, 5) is 79.2. The number of amides is 4. The Balaban J connectivity index is 1.39. The normalized spacial score (nSPS) is 32.3. The summed E-state index contributed by atoms with van der Waals surface area (Å²) in [6.45, 7) is 0.559. The van der Waals surface area contributed by atoms with Crippen molar-refractivity contribution in [2.45, 2.75) is 442 Å². The molecule has 5 saturated heterocycles. The molecule has 122 heavy (non-hydrogen) atoms. The minimum Gasteiger partial charge on any atom is -0.477 e. The van der Waals surface area contributed by atoms with Crippen LogP contribution in [0.4, 0.5) is 0 Å². The van der Waals surface area contributed by atoms with Gasteiger partial charge in [-0.2, -0.15) is 0 Å². The smallest absolute Gasteiger partial charge is 0.364 e. The van der Waals surface area contributed by atoms with E-state index in [0.29, 0.717) is 12.8 Å². The molecule has 0 aromatic rings. The summed E-state index contributed by atoms with van der Waals surface area (Å²) in [7, 11) is 0. The first-order chi connectivity index (χ1) is 58.3. The van der Waals surface area contributed by atoms with Gasteiger partial charge in [0.1, 0.15) is 110 Å². The molecule has 5 heterocycles. The molecule has 710 valence electrons. The molecule has 38 nitrogen and oxygen atoms in total. The van der Waals surface area contributed by atoms with Gasteiger partial charge in [-0.25, -0.2) is 9.59 Å². The number of ether oxygens (including phenoxy) is 10. The minimum atomic E-state index is -3.59. The van der Waals surface area contributed by atoms with Crippen LogP contribution in [0.3, 0.4) is 0 Å². The zero-order valence-corrected chi connectivity index (χ0v) is 72.0. The monoisotopic (exact) mass is 1760 g/mol. The van der Waals surface area contributed by atoms with Gasteiger partial charge in [-0.1, -0.05) is 219 Å². The van der Waals surface area contributed by atoms with Gasteiger partial charge >= 0.3 is 11.9 Å². The van der Waals surface area contributed by atoms with Crippen LogP contribution < -0.4 is 21.3 Å². The second-order valence-electron chi connectivity index (χ2n) is 33.6. The van der Waals surface area contributed by atoms with Crippen molar-refractivity contribution in [1.29, 1.82) is 0 Å². The molecule has 0 aromatic carbocycles. The van der Waals surface area contributed by atoms with E-state index in [4.69, 9.17) is 47.4 Å². The lowest BCUT2D eigenvalue weighted by atomic mass is 9.87. The predicted molar refractivity (Wildman–Crippen MR) is 435 cm³/mol. The van der Waals surface area contributed by atoms with E-state index in [9.17, 15) is 121 Å². The minimum absolute atomic E-state index is 0.113. The number of hydrogen-bond acceptors (Lipinski definition) is 32. The van der Waals surface area contributed by atoms with Crippen molar-refractivity contribution >= 4 is 35.6 Å². The highest BCUT2D eigenvalue weighted by Gasteiger charge is 2.64. The summed E-state index contributed by atoms with van der Waals surface area (Å²) in [6, 6.07) is -6.82. The van der Waals surface area contributed by atoms with Crippen LogP contribution in [0.15, 0.2) is 12.2 Å². The molecule has 5 aliphatic rings. The van der Waals surface area contributed by atoms with Crippen LogP contribution in [0.5, 0.6) is 0 Å². The number of hydrogen-bond donors (Lipinski definition) is 22. The number of aliphatic hydroxyl groups excluding tert-OH is 16. The van der Waals surface area contributed by atoms with Gasteiger partial charge in [-0.05, 0) is 19.3 Å². The maximum absolute atomic E-state index is 14.2. The topological polar surface area (TPSA) is 607 Å². The molecule has 5 aliphatic heterocycles. The van der Waals surface area contributed by atoms with Crippen LogP contribution in [-0.4, -0.2) is 344 Å². The third kappa shape index (κ3) is 34.2. The lowest BCUT2D eigenvalue weighted by Crippen LogP contribution is -2.72. The third-order valence-electron chi connectivity index (χ3n) is 23.5. The first-order valence-corrected chi connectivity index (χ1v) is 44.7. The number of carboxylic acids is 2. The van der Waals surface area contributed by atoms with Gasteiger partial charge < -0.3 is 161 Å². The van der Waals surface area contributed by atoms with Crippen molar-refractivity contribution in [2.75, 3.05) is 39.6 Å². The van der Waals surface area contributed by atoms with Gasteiger partial charge in [0.05, 0.1) is 76.1 Å². The van der Waals surface area contributed by atoms with Crippen LogP contribution >= 0.6 is 0 Å². The largest absolute Gasteiger partial charge is 0.477 e. The Kier molecular flexibility index (Phi) is 50.9. The van der Waals surface area contributed by atoms with Gasteiger partial charge in [0.2, 0.25) is 23.6 Å². The Morgan fingerprint density at radius 3 is 1.30 bits per heavy atom. The van der Waals surface area contributed by atoms with Crippen LogP contribution in [0.25, 0.3) is 0 Å². The van der Waals surface area contributed by atoms with Crippen LogP contribution in [0.1, 0.15) is 266 Å². The van der Waals surface area contributed by atoms with Gasteiger partial charge in [-0.15, -0.1) is 0 Å². The Hall–Kier alpha value is -4.48. The van der Waals surface area contributed by atoms with Crippen molar-refractivity contribution in [2.24, 2.45) is 0 Å². The highest BCUT2D eigenvalue weighted by atomic mass is 16.8. The first kappa shape index (κ1) is 108. The SMILES string of the molecule is CCCCCCCCCCCCC/C=C\[C@@H](O)[C@H](CO[C@@H]1O[C@H](CO)[C@@H](O[C@@H]2O[C@H](CO)[C@H](O[C@@H]3O[C@H](CO)[C@H](O)[C@H](O)[C@H]3NC(C)=O)[C@H](O[C@]3(C(=O)O)C[C@H](O)[C@@H](NC(C)=O)C([C@H](O)[C@@H](CO)O[C@]4(C(=O)O)C[C@H](O)[C@@H](NC(C)=O)C([C@H](O)[C@H](O)CO)O4)O3)[C@H]2O)[C@H](O)[C@H]1O)NC(=O)CCCCCCCCCCCCCCCCCCCCCCC. The van der Waals surface area contributed by atoms with Crippen molar-refractivity contribution in [1.82, 2.24) is 21.3 Å². The molecule has 29 atom stereocenters. The Bertz CT molecular complexity index is 2970. The number of unbranched alkanes of at least 4 members (excludes halogenated alkanes) is 31. The van der Waals surface area contributed by atoms with Crippen molar-refractivity contribution in [3.63, 3.8) is 0 Å². The van der Waals surface area contributed by atoms with Gasteiger partial charge in [0, 0.05) is 40.0 Å². The summed E-state index contributed by atoms with van der Waals surface area (Å²) in [5.41, 5.74) is 0. The summed E-state index contributed by atoms with van der Waals surface area (Å²) in [6.07, 6.45) is -11.1. The Labute approximate surface area is 716 Å². The Morgan fingerprint density at radius 2 is 0.852 bits per heavy atom. The molecule has 0 aromatic heterocycles. The lowest BCUT2D eigenvalue weighted by Gasteiger charge is -2.52. The van der Waals surface area contributed by atoms with E-state index >= 15 is 0 Å². The maximum atomic E-state index is 14.2. The van der Waals surface area contributed by atoms with E-state index in [-0.39, 0.29) is 6.42 Å². The zero-order valence-electron chi connectivity index (χ0n) is 72.0. The van der Waals surface area contributed by atoms with Crippen molar-refractivity contribution in [3.05, 3.63) is 12.2 Å². The fourth-order valence-electron chi connectivity index (χ4n) is 16.5. The van der Waals surface area contributed by atoms with Crippen LogP contribution in [-0.2, 0) is 76.1 Å². The lowest BCUT2D eigenvalue weighted by molar-refractivity contribution is -0.402. The number of nitrogens with one attached hydrogen (secondary N) is 4. The predicted octanol–water partition coefficient (Wildman–Crippen LogP) is 0.648. The molecule has 22 N–H and O–H groups in total. The average molecular weight is 1760 g/mol. The van der Waals surface area contributed by atoms with E-state index in [1.807, 2.05) is 0 Å². The second kappa shape index (κ2) is 57.4. The Morgan fingerprint density at radius 1 is 0.443 bits per heavy atom. The van der Waals surface area contributed by atoms with E-state index in [1.54, 1.807) is 6.08 Å². The molecule has 5 rings (SSSR count). The molecule has 38 heteroatoms. The number of carbonyl (C=O) groups excluding carboxylic acids is 4. The average Bonchev–Trinajstić information content (AvgIpc) is 0.741. The van der Waals surface area contributed by atoms with Gasteiger partial charge in [-0.3, -0.25) is 19.2 Å². The zero-order chi connectivity index (χ0) is 90.1. The van der Waals surface area contributed by atoms with E-state index in [0.717, 1.165) is 85.0 Å². The number of aliphatic carboxylic acids is 2. The molecule has 0 saturated carbocycles. The number of carbonyl (C=O) groups is 6. The molecule has 0 radical (unpaired) electrons. The first-order valence-electron chi connectivity index (χ1n) is 44.7. The summed E-state index contributed by atoms with van der Waals surface area (Å²) in [5.74, 6) is -14.6. The molecule has 0 aliphatic carbocycles. The fraction of sp³-hybridized carbons (Fsp3) is 0.905. The standard InChI is InChI=1S/C84H150N4O34/c1-6-8-10-12-14-16-18-20-21-22-23-24-25-26-27-29-31-33-35-37-39-41-62(101)88-53(54(97)40-38-36-34-32-30-28-19-17-15-13-11-9-7-2)49-113-79-71(107)70(106)73(60(47-92)115-79)117-80-72(108)77(74(61(48-93)116-80)118-78-65(87-52(5)96)69(105)67(103)58(45-90)114-78)122-84(82(111)112)43-56(99)64(86-51(4)95)76(121-84)68(104)59(46-91)119-83(81(109)110)42-55(98)63(85-50(3)94)75(120-83)66(102)57(100)44-89/h38,40,53-61,63-80,89-93,97-100,102-108H,6-37,39,41-49H2,1-5H3,(H,85,94)(H,86,95)(H,87,96)(H,88,101)(H,109,110)(H,111,112)/b40-38-/t53-,54+,55-,56-,57+,58+,59+,60+,61+,63+,64+,65+,66+,67-,68+,69+,70+,71+,72+,73+,74-,75?,76?,77+,78-,79+,80-,83+,84-/m0/s1. The third-order valence-corrected chi connectivity index (χ3v) is 23.5.